The van der Waals surface area contributed by atoms with Crippen molar-refractivity contribution in [1.82, 2.24) is 4.90 Å². The van der Waals surface area contributed by atoms with Crippen LogP contribution in [0.2, 0.25) is 0 Å². The van der Waals surface area contributed by atoms with Crippen LogP contribution in [-0.2, 0) is 4.79 Å². The first-order valence-electron chi connectivity index (χ1n) is 4.26. The predicted octanol–water partition coefficient (Wildman–Crippen LogP) is 0.371. The first-order valence-corrected chi connectivity index (χ1v) is 4.26. The van der Waals surface area contributed by atoms with Gasteiger partial charge in [-0.2, -0.15) is 0 Å². The first-order chi connectivity index (χ1) is 6.17. The van der Waals surface area contributed by atoms with Crippen LogP contribution in [0.3, 0.4) is 0 Å². The van der Waals surface area contributed by atoms with Crippen molar-refractivity contribution < 1.29 is 4.79 Å². The maximum atomic E-state index is 11.5. The van der Waals surface area contributed by atoms with E-state index >= 15 is 0 Å². The van der Waals surface area contributed by atoms with Gasteiger partial charge in [0.2, 0.25) is 5.91 Å². The molecular weight excluding hydrogens is 164 g/mol. The number of nitrogens with zero attached hydrogens (tertiary/aromatic N) is 1. The normalized spacial score (nSPS) is 11.5. The third-order valence-electron chi connectivity index (χ3n) is 1.71. The molecule has 0 aromatic rings. The Balaban J connectivity index is 4.19. The number of carbonyl (C=O) groups is 1. The molecule has 0 saturated heterocycles. The second-order valence-corrected chi connectivity index (χ2v) is 2.69. The molecule has 1 unspecified atom stereocenters. The van der Waals surface area contributed by atoms with Crippen molar-refractivity contribution in [3.63, 3.8) is 0 Å². The van der Waals surface area contributed by atoms with Crippen LogP contribution in [0.25, 0.3) is 0 Å². The van der Waals surface area contributed by atoms with E-state index < -0.39 is 6.04 Å². The van der Waals surface area contributed by atoms with E-state index in [4.69, 9.17) is 12.2 Å². The van der Waals surface area contributed by atoms with Gasteiger partial charge in [0.05, 0.1) is 12.6 Å². The Kier molecular flexibility index (Phi) is 5.66. The van der Waals surface area contributed by atoms with Gasteiger partial charge in [0.1, 0.15) is 0 Å². The number of nitrogens with two attached hydrogens (primary N) is 1. The highest BCUT2D eigenvalue weighted by Gasteiger charge is 2.17. The lowest BCUT2D eigenvalue weighted by Gasteiger charge is -2.21. The zero-order chi connectivity index (χ0) is 10.3. The smallest absolute Gasteiger partial charge is 0.240 e. The van der Waals surface area contributed by atoms with Crippen LogP contribution < -0.4 is 5.73 Å². The zero-order valence-corrected chi connectivity index (χ0v) is 7.99. The maximum absolute atomic E-state index is 11.5. The molecule has 72 valence electrons. The number of terminal acetylenes is 1. The molecule has 2 N–H and O–H groups in total. The van der Waals surface area contributed by atoms with Gasteiger partial charge < -0.3 is 10.6 Å². The average Bonchev–Trinajstić information content (AvgIpc) is 2.13. The van der Waals surface area contributed by atoms with Gasteiger partial charge in [0, 0.05) is 6.54 Å². The second-order valence-electron chi connectivity index (χ2n) is 2.69. The van der Waals surface area contributed by atoms with Crippen LogP contribution in [0.4, 0.5) is 0 Å². The third-order valence-corrected chi connectivity index (χ3v) is 1.71. The van der Waals surface area contributed by atoms with Crippen LogP contribution in [0, 0.1) is 12.3 Å². The van der Waals surface area contributed by atoms with Crippen molar-refractivity contribution in [2.45, 2.75) is 19.4 Å². The molecule has 3 nitrogen and oxygen atoms in total. The molecule has 0 spiro atoms. The summed E-state index contributed by atoms with van der Waals surface area (Å²) in [7, 11) is 0. The summed E-state index contributed by atoms with van der Waals surface area (Å²) < 4.78 is 0. The van der Waals surface area contributed by atoms with E-state index in [2.05, 4.69) is 12.5 Å². The molecule has 0 bridgehead atoms. The minimum atomic E-state index is -0.509. The third kappa shape index (κ3) is 3.77. The van der Waals surface area contributed by atoms with Crippen LogP contribution in [-0.4, -0.2) is 29.9 Å². The SMILES string of the molecule is C#CCN(CC)C(=O)C(N)CC=C. The fourth-order valence-corrected chi connectivity index (χ4v) is 0.971. The summed E-state index contributed by atoms with van der Waals surface area (Å²) in [5.74, 6) is 2.31. The molecule has 13 heavy (non-hydrogen) atoms. The number of rotatable bonds is 5. The van der Waals surface area contributed by atoms with E-state index in [1.165, 1.54) is 0 Å². The standard InChI is InChI=1S/C10H16N2O/c1-4-7-9(11)10(13)12(6-3)8-5-2/h2,4,9H,1,6-8,11H2,3H3. The van der Waals surface area contributed by atoms with Crippen LogP contribution in [0.15, 0.2) is 12.7 Å². The maximum Gasteiger partial charge on any atom is 0.240 e. The molecule has 0 aliphatic rings. The highest BCUT2D eigenvalue weighted by molar-refractivity contribution is 5.82. The van der Waals surface area contributed by atoms with Gasteiger partial charge in [-0.1, -0.05) is 12.0 Å². The molecule has 0 aliphatic carbocycles. The van der Waals surface area contributed by atoms with Crippen molar-refractivity contribution in [3.8, 4) is 12.3 Å². The van der Waals surface area contributed by atoms with E-state index in [1.54, 1.807) is 11.0 Å². The lowest BCUT2D eigenvalue weighted by molar-refractivity contribution is -0.131. The quantitative estimate of drug-likeness (QED) is 0.491. The number of amides is 1. The van der Waals surface area contributed by atoms with Crippen LogP contribution in [0.5, 0.6) is 0 Å². The topological polar surface area (TPSA) is 46.3 Å². The number of hydrogen-bond acceptors (Lipinski definition) is 2. The van der Waals surface area contributed by atoms with Crippen molar-refractivity contribution in [2.75, 3.05) is 13.1 Å². The monoisotopic (exact) mass is 180 g/mol. The van der Waals surface area contributed by atoms with Gasteiger partial charge in [-0.3, -0.25) is 4.79 Å². The van der Waals surface area contributed by atoms with Crippen LogP contribution in [0.1, 0.15) is 13.3 Å². The summed E-state index contributed by atoms with van der Waals surface area (Å²) >= 11 is 0. The van der Waals surface area contributed by atoms with Crippen molar-refractivity contribution in [2.24, 2.45) is 5.73 Å². The highest BCUT2D eigenvalue weighted by Crippen LogP contribution is 1.97. The minimum Gasteiger partial charge on any atom is -0.330 e. The lowest BCUT2D eigenvalue weighted by atomic mass is 10.2. The van der Waals surface area contributed by atoms with E-state index in [0.29, 0.717) is 19.5 Å². The molecule has 0 radical (unpaired) electrons. The summed E-state index contributed by atoms with van der Waals surface area (Å²) in [6.45, 7) is 6.30. The molecule has 0 saturated carbocycles. The van der Waals surface area contributed by atoms with Crippen molar-refractivity contribution in [3.05, 3.63) is 12.7 Å². The summed E-state index contributed by atoms with van der Waals surface area (Å²) in [4.78, 5) is 13.1. The fraction of sp³-hybridized carbons (Fsp3) is 0.500. The summed E-state index contributed by atoms with van der Waals surface area (Å²) in [6.07, 6.45) is 7.23. The molecule has 0 aliphatic heterocycles. The molecule has 0 heterocycles. The first kappa shape index (κ1) is 11.7. The number of likely N-dealkylation sites (N-methyl/N-ethyl adjacent to an activating group) is 1. The number of hydrogen-bond donors (Lipinski definition) is 1. The second kappa shape index (κ2) is 6.27. The van der Waals surface area contributed by atoms with E-state index in [0.717, 1.165) is 0 Å². The van der Waals surface area contributed by atoms with E-state index in [9.17, 15) is 4.79 Å². The van der Waals surface area contributed by atoms with Gasteiger partial charge in [-0.15, -0.1) is 13.0 Å². The van der Waals surface area contributed by atoms with Crippen LogP contribution >= 0.6 is 0 Å². The Bertz CT molecular complexity index is 217. The average molecular weight is 180 g/mol. The molecule has 1 amide bonds. The van der Waals surface area contributed by atoms with E-state index in [-0.39, 0.29) is 5.91 Å². The molecular formula is C10H16N2O. The fourth-order valence-electron chi connectivity index (χ4n) is 0.971. The van der Waals surface area contributed by atoms with Crippen molar-refractivity contribution in [1.29, 1.82) is 0 Å². The van der Waals surface area contributed by atoms with Gasteiger partial charge in [0.25, 0.3) is 0 Å². The van der Waals surface area contributed by atoms with Gasteiger partial charge in [-0.05, 0) is 13.3 Å². The Labute approximate surface area is 79.6 Å². The molecule has 3 heteroatoms. The highest BCUT2D eigenvalue weighted by atomic mass is 16.2. The molecule has 0 rings (SSSR count). The molecule has 0 aromatic heterocycles. The zero-order valence-electron chi connectivity index (χ0n) is 7.99. The predicted molar refractivity (Wildman–Crippen MR) is 53.9 cm³/mol. The summed E-state index contributed by atoms with van der Waals surface area (Å²) in [5, 5.41) is 0. The molecule has 0 aromatic carbocycles. The van der Waals surface area contributed by atoms with Gasteiger partial charge in [-0.25, -0.2) is 0 Å². The van der Waals surface area contributed by atoms with Crippen molar-refractivity contribution >= 4 is 5.91 Å². The summed E-state index contributed by atoms with van der Waals surface area (Å²) in [5.41, 5.74) is 5.60. The Morgan fingerprint density at radius 3 is 2.85 bits per heavy atom. The summed E-state index contributed by atoms with van der Waals surface area (Å²) in [6, 6.07) is -0.509. The Hall–Kier alpha value is -1.27. The van der Waals surface area contributed by atoms with Gasteiger partial charge in [0.15, 0.2) is 0 Å². The lowest BCUT2D eigenvalue weighted by Crippen LogP contribution is -2.43. The van der Waals surface area contributed by atoms with E-state index in [1.807, 2.05) is 6.92 Å². The number of carbonyl (C=O) groups excluding carboxylic acids is 1. The largest absolute Gasteiger partial charge is 0.330 e. The Morgan fingerprint density at radius 2 is 2.46 bits per heavy atom. The Morgan fingerprint density at radius 1 is 1.85 bits per heavy atom. The molecule has 1 atom stereocenters. The minimum absolute atomic E-state index is 0.111. The molecule has 0 fully saturated rings. The van der Waals surface area contributed by atoms with Gasteiger partial charge >= 0.3 is 0 Å².